The van der Waals surface area contributed by atoms with Crippen LogP contribution in [0.5, 0.6) is 0 Å². The molecule has 0 aliphatic rings. The van der Waals surface area contributed by atoms with E-state index in [4.69, 9.17) is 17.4 Å². The van der Waals surface area contributed by atoms with Gasteiger partial charge < -0.3 is 0 Å². The topological polar surface area (TPSA) is 55.9 Å². The Balaban J connectivity index is 2.37. The minimum Gasteiger partial charge on any atom is -0.271 e. The summed E-state index contributed by atoms with van der Waals surface area (Å²) in [6.45, 7) is 4.05. The highest BCUT2D eigenvalue weighted by molar-refractivity contribution is 9.10. The molecule has 0 bridgehead atoms. The summed E-state index contributed by atoms with van der Waals surface area (Å²) in [5.41, 5.74) is 4.12. The quantitative estimate of drug-likeness (QED) is 0.618. The lowest BCUT2D eigenvalue weighted by Crippen LogP contribution is -2.32. The predicted octanol–water partition coefficient (Wildman–Crippen LogP) is 3.77. The van der Waals surface area contributed by atoms with Crippen molar-refractivity contribution in [2.75, 3.05) is 0 Å². The summed E-state index contributed by atoms with van der Waals surface area (Å²) in [7, 11) is 0. The van der Waals surface area contributed by atoms with Crippen LogP contribution in [0.2, 0.25) is 5.02 Å². The summed E-state index contributed by atoms with van der Waals surface area (Å²) in [6, 6.07) is 4.85. The average Bonchev–Trinajstić information content (AvgIpc) is 2.82. The third kappa shape index (κ3) is 3.45. The number of nitrogens with zero attached hydrogens (tertiary/aromatic N) is 2. The molecule has 1 aromatic heterocycles. The highest BCUT2D eigenvalue weighted by Gasteiger charge is 2.22. The van der Waals surface area contributed by atoms with E-state index in [0.717, 1.165) is 10.2 Å². The summed E-state index contributed by atoms with van der Waals surface area (Å²) in [5.74, 6) is 5.26. The maximum absolute atomic E-state index is 14.1. The molecule has 0 spiro atoms. The lowest BCUT2D eigenvalue weighted by Gasteiger charge is -2.21. The Labute approximate surface area is 136 Å². The number of benzene rings is 1. The fraction of sp³-hybridized carbons (Fsp3) is 0.357. The third-order valence-corrected chi connectivity index (χ3v) is 4.17. The molecule has 0 saturated heterocycles. The van der Waals surface area contributed by atoms with Gasteiger partial charge in [-0.25, -0.2) is 4.39 Å². The van der Waals surface area contributed by atoms with Crippen molar-refractivity contribution in [2.24, 2.45) is 5.84 Å². The Morgan fingerprint density at radius 2 is 2.19 bits per heavy atom. The summed E-state index contributed by atoms with van der Waals surface area (Å²) in [6.07, 6.45) is 2.09. The standard InChI is InChI=1S/C14H17BrClFN4/c1-8(2)21-14(10(15)7-19-21)12(20-18)6-9-4-3-5-11(16)13(9)17/h3-5,7-8,12,20H,6,18H2,1-2H3. The van der Waals surface area contributed by atoms with Crippen LogP contribution >= 0.6 is 27.5 Å². The molecule has 0 radical (unpaired) electrons. The van der Waals surface area contributed by atoms with Crippen LogP contribution < -0.4 is 11.3 Å². The van der Waals surface area contributed by atoms with Gasteiger partial charge in [0.25, 0.3) is 0 Å². The monoisotopic (exact) mass is 374 g/mol. The first kappa shape index (κ1) is 16.4. The number of hydrogen-bond donors (Lipinski definition) is 2. The van der Waals surface area contributed by atoms with Crippen LogP contribution in [0.3, 0.4) is 0 Å². The maximum Gasteiger partial charge on any atom is 0.145 e. The maximum atomic E-state index is 14.1. The Kier molecular flexibility index (Phi) is 5.37. The average molecular weight is 376 g/mol. The summed E-state index contributed by atoms with van der Waals surface area (Å²) in [5, 5.41) is 4.43. The van der Waals surface area contributed by atoms with E-state index in [1.165, 1.54) is 6.07 Å². The first-order valence-corrected chi connectivity index (χ1v) is 7.74. The number of hydrogen-bond acceptors (Lipinski definition) is 3. The fourth-order valence-corrected chi connectivity index (χ4v) is 2.99. The number of rotatable bonds is 5. The predicted molar refractivity (Wildman–Crippen MR) is 85.5 cm³/mol. The van der Waals surface area contributed by atoms with E-state index >= 15 is 0 Å². The van der Waals surface area contributed by atoms with Gasteiger partial charge in [0.2, 0.25) is 0 Å². The van der Waals surface area contributed by atoms with Gasteiger partial charge in [-0.05, 0) is 47.8 Å². The zero-order chi connectivity index (χ0) is 15.6. The largest absolute Gasteiger partial charge is 0.271 e. The smallest absolute Gasteiger partial charge is 0.145 e. The van der Waals surface area contributed by atoms with E-state index in [0.29, 0.717) is 12.0 Å². The van der Waals surface area contributed by atoms with Gasteiger partial charge in [0.05, 0.1) is 27.4 Å². The van der Waals surface area contributed by atoms with Crippen molar-refractivity contribution in [1.29, 1.82) is 0 Å². The molecule has 7 heteroatoms. The normalized spacial score (nSPS) is 12.9. The molecule has 0 aliphatic heterocycles. The molecule has 0 amide bonds. The molecule has 1 aromatic carbocycles. The molecule has 2 rings (SSSR count). The SMILES string of the molecule is CC(C)n1ncc(Br)c1C(Cc1cccc(Cl)c1F)NN. The Morgan fingerprint density at radius 3 is 2.81 bits per heavy atom. The van der Waals surface area contributed by atoms with E-state index in [1.807, 2.05) is 18.5 Å². The number of nitrogens with two attached hydrogens (primary N) is 1. The van der Waals surface area contributed by atoms with Gasteiger partial charge >= 0.3 is 0 Å². The van der Waals surface area contributed by atoms with Gasteiger partial charge in [-0.3, -0.25) is 16.0 Å². The zero-order valence-electron chi connectivity index (χ0n) is 11.8. The molecule has 3 N–H and O–H groups in total. The van der Waals surface area contributed by atoms with Crippen LogP contribution in [-0.2, 0) is 6.42 Å². The molecule has 21 heavy (non-hydrogen) atoms. The van der Waals surface area contributed by atoms with Crippen molar-refractivity contribution in [1.82, 2.24) is 15.2 Å². The molecule has 1 atom stereocenters. The Bertz CT molecular complexity index is 629. The lowest BCUT2D eigenvalue weighted by atomic mass is 10.0. The van der Waals surface area contributed by atoms with Crippen molar-refractivity contribution in [3.63, 3.8) is 0 Å². The van der Waals surface area contributed by atoms with Crippen molar-refractivity contribution < 1.29 is 4.39 Å². The van der Waals surface area contributed by atoms with Crippen molar-refractivity contribution >= 4 is 27.5 Å². The van der Waals surface area contributed by atoms with E-state index in [2.05, 4.69) is 26.5 Å². The zero-order valence-corrected chi connectivity index (χ0v) is 14.1. The van der Waals surface area contributed by atoms with Gasteiger partial charge in [0.15, 0.2) is 0 Å². The molecule has 0 fully saturated rings. The van der Waals surface area contributed by atoms with E-state index in [9.17, 15) is 4.39 Å². The first-order valence-electron chi connectivity index (χ1n) is 6.57. The van der Waals surface area contributed by atoms with Crippen molar-refractivity contribution in [2.45, 2.75) is 32.4 Å². The van der Waals surface area contributed by atoms with Crippen molar-refractivity contribution in [3.05, 3.63) is 51.0 Å². The highest BCUT2D eigenvalue weighted by Crippen LogP contribution is 2.29. The molecule has 1 unspecified atom stereocenters. The first-order chi connectivity index (χ1) is 9.95. The molecule has 1 heterocycles. The Hall–Kier alpha value is -0.950. The molecule has 2 aromatic rings. The van der Waals surface area contributed by atoms with E-state index in [1.54, 1.807) is 18.3 Å². The van der Waals surface area contributed by atoms with Crippen LogP contribution in [0.25, 0.3) is 0 Å². The van der Waals surface area contributed by atoms with Crippen LogP contribution in [-0.4, -0.2) is 9.78 Å². The van der Waals surface area contributed by atoms with E-state index < -0.39 is 5.82 Å². The molecule has 0 aliphatic carbocycles. The van der Waals surface area contributed by atoms with E-state index in [-0.39, 0.29) is 17.1 Å². The Morgan fingerprint density at radius 1 is 1.48 bits per heavy atom. The summed E-state index contributed by atoms with van der Waals surface area (Å²) in [4.78, 5) is 0. The summed E-state index contributed by atoms with van der Waals surface area (Å²) >= 11 is 9.30. The second-order valence-corrected chi connectivity index (χ2v) is 6.31. The molecular formula is C14H17BrClFN4. The van der Waals surface area contributed by atoms with Gasteiger partial charge in [0.1, 0.15) is 5.82 Å². The number of nitrogens with one attached hydrogen (secondary N) is 1. The highest BCUT2D eigenvalue weighted by atomic mass is 79.9. The van der Waals surface area contributed by atoms with Gasteiger partial charge in [-0.2, -0.15) is 5.10 Å². The minimum atomic E-state index is -0.411. The van der Waals surface area contributed by atoms with Gasteiger partial charge in [-0.1, -0.05) is 23.7 Å². The van der Waals surface area contributed by atoms with Crippen LogP contribution in [0.1, 0.15) is 37.2 Å². The van der Waals surface area contributed by atoms with Crippen LogP contribution in [0, 0.1) is 5.82 Å². The van der Waals surface area contributed by atoms with Gasteiger partial charge in [0, 0.05) is 6.04 Å². The van der Waals surface area contributed by atoms with Crippen molar-refractivity contribution in [3.8, 4) is 0 Å². The number of halogens is 3. The third-order valence-electron chi connectivity index (χ3n) is 3.26. The lowest BCUT2D eigenvalue weighted by molar-refractivity contribution is 0.442. The minimum absolute atomic E-state index is 0.111. The fourth-order valence-electron chi connectivity index (χ4n) is 2.25. The van der Waals surface area contributed by atoms with Gasteiger partial charge in [-0.15, -0.1) is 0 Å². The van der Waals surface area contributed by atoms with Crippen LogP contribution in [0.4, 0.5) is 4.39 Å². The molecule has 0 saturated carbocycles. The number of aromatic nitrogens is 2. The summed E-state index contributed by atoms with van der Waals surface area (Å²) < 4.78 is 16.8. The molecule has 114 valence electrons. The van der Waals surface area contributed by atoms with Crippen LogP contribution in [0.15, 0.2) is 28.9 Å². The second-order valence-electron chi connectivity index (χ2n) is 5.05. The second kappa shape index (κ2) is 6.87. The molecule has 4 nitrogen and oxygen atoms in total. The number of hydrazine groups is 1. The molecular weight excluding hydrogens is 359 g/mol.